The van der Waals surface area contributed by atoms with Gasteiger partial charge in [0.15, 0.2) is 0 Å². The zero-order chi connectivity index (χ0) is 16.1. The van der Waals surface area contributed by atoms with E-state index in [0.29, 0.717) is 18.2 Å². The third kappa shape index (κ3) is 4.45. The van der Waals surface area contributed by atoms with Gasteiger partial charge < -0.3 is 15.4 Å². The number of nitrogens with zero attached hydrogens (tertiary/aromatic N) is 1. The van der Waals surface area contributed by atoms with Crippen molar-refractivity contribution < 1.29 is 9.53 Å². The molecule has 1 amide bonds. The van der Waals surface area contributed by atoms with E-state index in [9.17, 15) is 4.79 Å². The molecule has 0 aliphatic heterocycles. The van der Waals surface area contributed by atoms with E-state index in [2.05, 4.69) is 15.6 Å². The van der Waals surface area contributed by atoms with Crippen molar-refractivity contribution in [3.63, 3.8) is 0 Å². The molecule has 2 N–H and O–H groups in total. The average Bonchev–Trinajstić information content (AvgIpc) is 3.39. The van der Waals surface area contributed by atoms with E-state index in [0.717, 1.165) is 23.6 Å². The minimum atomic E-state index is -0.0987. The molecule has 0 unspecified atom stereocenters. The number of pyridine rings is 1. The smallest absolute Gasteiger partial charge is 0.252 e. The van der Waals surface area contributed by atoms with Crippen LogP contribution in [0.4, 0.5) is 5.82 Å². The van der Waals surface area contributed by atoms with Crippen molar-refractivity contribution in [2.45, 2.75) is 25.3 Å². The maximum atomic E-state index is 12.1. The van der Waals surface area contributed by atoms with Crippen LogP contribution in [0.3, 0.4) is 0 Å². The summed E-state index contributed by atoms with van der Waals surface area (Å²) in [5.74, 6) is 1.57. The fourth-order valence-corrected chi connectivity index (χ4v) is 2.30. The van der Waals surface area contributed by atoms with Crippen LogP contribution in [0.15, 0.2) is 42.6 Å². The van der Waals surface area contributed by atoms with Gasteiger partial charge in [0.25, 0.3) is 5.91 Å². The lowest BCUT2D eigenvalue weighted by atomic mass is 10.1. The second kappa shape index (κ2) is 7.13. The third-order valence-electron chi connectivity index (χ3n) is 3.79. The predicted molar refractivity (Wildman–Crippen MR) is 89.9 cm³/mol. The first kappa shape index (κ1) is 15.3. The minimum Gasteiger partial charge on any atom is -0.497 e. The van der Waals surface area contributed by atoms with Crippen molar-refractivity contribution in [3.8, 4) is 5.75 Å². The van der Waals surface area contributed by atoms with Crippen LogP contribution in [0.2, 0.25) is 0 Å². The number of amides is 1. The molecule has 3 rings (SSSR count). The topological polar surface area (TPSA) is 63.2 Å². The fraction of sp³-hybridized carbons (Fsp3) is 0.333. The Balaban J connectivity index is 1.48. The molecule has 120 valence electrons. The van der Waals surface area contributed by atoms with Crippen molar-refractivity contribution in [3.05, 3.63) is 53.7 Å². The Morgan fingerprint density at radius 3 is 2.87 bits per heavy atom. The molecule has 5 nitrogen and oxygen atoms in total. The Morgan fingerprint density at radius 2 is 2.17 bits per heavy atom. The van der Waals surface area contributed by atoms with Crippen LogP contribution < -0.4 is 15.4 Å². The first-order chi connectivity index (χ1) is 11.2. The van der Waals surface area contributed by atoms with Gasteiger partial charge in [0, 0.05) is 18.8 Å². The standard InChI is InChI=1S/C18H21N3O2/c1-23-16-4-2-3-13(11-16)9-10-19-18(22)14-5-8-17(20-12-14)21-15-6-7-15/h2-5,8,11-12,15H,6-7,9-10H2,1H3,(H,19,22)(H,20,21). The molecule has 1 aromatic heterocycles. The first-order valence-electron chi connectivity index (χ1n) is 7.88. The molecule has 1 aliphatic carbocycles. The highest BCUT2D eigenvalue weighted by atomic mass is 16.5. The number of nitrogens with one attached hydrogen (secondary N) is 2. The van der Waals surface area contributed by atoms with Crippen molar-refractivity contribution in [2.24, 2.45) is 0 Å². The monoisotopic (exact) mass is 311 g/mol. The second-order valence-corrected chi connectivity index (χ2v) is 5.71. The summed E-state index contributed by atoms with van der Waals surface area (Å²) in [6.07, 6.45) is 4.78. The number of aromatic nitrogens is 1. The van der Waals surface area contributed by atoms with Gasteiger partial charge in [0.05, 0.1) is 12.7 Å². The molecule has 1 saturated carbocycles. The van der Waals surface area contributed by atoms with E-state index >= 15 is 0 Å². The molecule has 0 saturated heterocycles. The lowest BCUT2D eigenvalue weighted by Crippen LogP contribution is -2.25. The van der Waals surface area contributed by atoms with Crippen molar-refractivity contribution in [1.82, 2.24) is 10.3 Å². The predicted octanol–water partition coefficient (Wildman–Crippen LogP) is 2.64. The Bertz CT molecular complexity index is 666. The third-order valence-corrected chi connectivity index (χ3v) is 3.79. The van der Waals surface area contributed by atoms with Gasteiger partial charge in [0.1, 0.15) is 11.6 Å². The van der Waals surface area contributed by atoms with E-state index in [1.165, 1.54) is 12.8 Å². The molecular formula is C18H21N3O2. The van der Waals surface area contributed by atoms with Gasteiger partial charge in [-0.05, 0) is 49.1 Å². The molecule has 0 radical (unpaired) electrons. The van der Waals surface area contributed by atoms with Crippen LogP contribution in [0.25, 0.3) is 0 Å². The molecule has 1 aromatic carbocycles. The zero-order valence-electron chi connectivity index (χ0n) is 13.2. The summed E-state index contributed by atoms with van der Waals surface area (Å²) in [6.45, 7) is 0.577. The number of benzene rings is 1. The molecule has 0 bridgehead atoms. The van der Waals surface area contributed by atoms with Crippen LogP contribution in [-0.2, 0) is 6.42 Å². The van der Waals surface area contributed by atoms with E-state index in [1.54, 1.807) is 19.4 Å². The maximum Gasteiger partial charge on any atom is 0.252 e. The first-order valence-corrected chi connectivity index (χ1v) is 7.88. The lowest BCUT2D eigenvalue weighted by molar-refractivity contribution is 0.0954. The molecule has 2 aromatic rings. The van der Waals surface area contributed by atoms with E-state index in [4.69, 9.17) is 4.74 Å². The lowest BCUT2D eigenvalue weighted by Gasteiger charge is -2.08. The quantitative estimate of drug-likeness (QED) is 0.825. The summed E-state index contributed by atoms with van der Waals surface area (Å²) in [5, 5.41) is 6.22. The SMILES string of the molecule is COc1cccc(CCNC(=O)c2ccc(NC3CC3)nc2)c1. The summed E-state index contributed by atoms with van der Waals surface area (Å²) in [7, 11) is 1.65. The second-order valence-electron chi connectivity index (χ2n) is 5.71. The number of hydrogen-bond donors (Lipinski definition) is 2. The Kier molecular flexibility index (Phi) is 4.76. The highest BCUT2D eigenvalue weighted by Gasteiger charge is 2.21. The van der Waals surface area contributed by atoms with Crippen LogP contribution in [0.5, 0.6) is 5.75 Å². The largest absolute Gasteiger partial charge is 0.497 e. The van der Waals surface area contributed by atoms with Crippen LogP contribution in [-0.4, -0.2) is 30.6 Å². The summed E-state index contributed by atoms with van der Waals surface area (Å²) < 4.78 is 5.19. The number of hydrogen-bond acceptors (Lipinski definition) is 4. The van der Waals surface area contributed by atoms with Crippen molar-refractivity contribution >= 4 is 11.7 Å². The molecule has 1 fully saturated rings. The highest BCUT2D eigenvalue weighted by molar-refractivity contribution is 5.94. The number of carbonyl (C=O) groups excluding carboxylic acids is 1. The molecule has 5 heteroatoms. The summed E-state index contributed by atoms with van der Waals surface area (Å²) in [4.78, 5) is 16.4. The van der Waals surface area contributed by atoms with E-state index < -0.39 is 0 Å². The number of rotatable bonds is 7. The van der Waals surface area contributed by atoms with Gasteiger partial charge in [-0.1, -0.05) is 12.1 Å². The molecule has 1 aliphatic rings. The van der Waals surface area contributed by atoms with Gasteiger partial charge in [-0.2, -0.15) is 0 Å². The normalized spacial score (nSPS) is 13.4. The molecule has 1 heterocycles. The number of ether oxygens (including phenoxy) is 1. The molecule has 0 atom stereocenters. The highest BCUT2D eigenvalue weighted by Crippen LogP contribution is 2.23. The number of carbonyl (C=O) groups is 1. The summed E-state index contributed by atoms with van der Waals surface area (Å²) in [6, 6.07) is 12.1. The maximum absolute atomic E-state index is 12.1. The molecular weight excluding hydrogens is 290 g/mol. The number of methoxy groups -OCH3 is 1. The van der Waals surface area contributed by atoms with Gasteiger partial charge in [-0.15, -0.1) is 0 Å². The van der Waals surface area contributed by atoms with Gasteiger partial charge in [-0.25, -0.2) is 4.98 Å². The minimum absolute atomic E-state index is 0.0987. The summed E-state index contributed by atoms with van der Waals surface area (Å²) in [5.41, 5.74) is 1.71. The average molecular weight is 311 g/mol. The van der Waals surface area contributed by atoms with E-state index in [-0.39, 0.29) is 5.91 Å². The van der Waals surface area contributed by atoms with E-state index in [1.807, 2.05) is 30.3 Å². The Labute approximate surface area is 136 Å². The summed E-state index contributed by atoms with van der Waals surface area (Å²) >= 11 is 0. The van der Waals surface area contributed by atoms with Crippen LogP contribution >= 0.6 is 0 Å². The zero-order valence-corrected chi connectivity index (χ0v) is 13.2. The van der Waals surface area contributed by atoms with Gasteiger partial charge in [0.2, 0.25) is 0 Å². The number of anilines is 1. The van der Waals surface area contributed by atoms with Crippen LogP contribution in [0, 0.1) is 0 Å². The van der Waals surface area contributed by atoms with Crippen molar-refractivity contribution in [2.75, 3.05) is 19.0 Å². The Hall–Kier alpha value is -2.56. The molecule has 23 heavy (non-hydrogen) atoms. The fourth-order valence-electron chi connectivity index (χ4n) is 2.30. The Morgan fingerprint density at radius 1 is 1.30 bits per heavy atom. The van der Waals surface area contributed by atoms with Crippen LogP contribution in [0.1, 0.15) is 28.8 Å². The van der Waals surface area contributed by atoms with Crippen molar-refractivity contribution in [1.29, 1.82) is 0 Å². The van der Waals surface area contributed by atoms with Gasteiger partial charge in [-0.3, -0.25) is 4.79 Å². The van der Waals surface area contributed by atoms with Gasteiger partial charge >= 0.3 is 0 Å². The molecule has 0 spiro atoms.